The Hall–Kier alpha value is -3.85. The quantitative estimate of drug-likeness (QED) is 0.465. The van der Waals surface area contributed by atoms with Crippen molar-refractivity contribution >= 4 is 40.5 Å². The first-order valence-electron chi connectivity index (χ1n) is 10.9. The standard InChI is InChI=1S/C26H23F2N3O3S/c1-34-22-12-8-20(9-13-22)29-24(32)16-23-25(33)31(21-10-6-19(28)7-11-21)26(35)30(23)15-14-17-2-4-18(27)5-3-17/h2-13,23H,14-16H2,1H3,(H,29,32)/t23-/m0/s1. The third-order valence-electron chi connectivity index (χ3n) is 5.71. The van der Waals surface area contributed by atoms with E-state index in [4.69, 9.17) is 17.0 Å². The number of hydrogen-bond donors (Lipinski definition) is 1. The van der Waals surface area contributed by atoms with Crippen LogP contribution in [0, 0.1) is 11.6 Å². The Kier molecular flexibility index (Phi) is 7.36. The van der Waals surface area contributed by atoms with E-state index in [0.717, 1.165) is 5.56 Å². The van der Waals surface area contributed by atoms with Crippen LogP contribution in [0.15, 0.2) is 72.8 Å². The highest BCUT2D eigenvalue weighted by atomic mass is 32.1. The number of ether oxygens (including phenoxy) is 1. The molecule has 6 nitrogen and oxygen atoms in total. The molecule has 0 bridgehead atoms. The van der Waals surface area contributed by atoms with E-state index in [1.54, 1.807) is 48.4 Å². The van der Waals surface area contributed by atoms with Crippen molar-refractivity contribution in [3.8, 4) is 5.75 Å². The minimum absolute atomic E-state index is 0.133. The summed E-state index contributed by atoms with van der Waals surface area (Å²) >= 11 is 5.61. The van der Waals surface area contributed by atoms with Gasteiger partial charge in [0.05, 0.1) is 19.2 Å². The highest BCUT2D eigenvalue weighted by Crippen LogP contribution is 2.28. The maximum absolute atomic E-state index is 13.5. The molecule has 3 aromatic carbocycles. The molecule has 3 aromatic rings. The van der Waals surface area contributed by atoms with E-state index in [2.05, 4.69) is 5.32 Å². The maximum atomic E-state index is 13.5. The average molecular weight is 496 g/mol. The van der Waals surface area contributed by atoms with Crippen LogP contribution in [0.4, 0.5) is 20.2 Å². The van der Waals surface area contributed by atoms with Crippen molar-refractivity contribution in [1.82, 2.24) is 4.90 Å². The molecule has 1 fully saturated rings. The number of nitrogens with one attached hydrogen (secondary N) is 1. The Balaban J connectivity index is 1.54. The molecule has 1 heterocycles. The van der Waals surface area contributed by atoms with Crippen molar-refractivity contribution in [2.45, 2.75) is 18.9 Å². The predicted molar refractivity (Wildman–Crippen MR) is 133 cm³/mol. The van der Waals surface area contributed by atoms with Gasteiger partial charge in [-0.05, 0) is 84.9 Å². The van der Waals surface area contributed by atoms with E-state index in [9.17, 15) is 18.4 Å². The van der Waals surface area contributed by atoms with Crippen molar-refractivity contribution in [2.75, 3.05) is 23.9 Å². The number of amides is 2. The number of rotatable bonds is 8. The molecule has 0 spiro atoms. The molecule has 4 rings (SSSR count). The Morgan fingerprint density at radius 3 is 2.17 bits per heavy atom. The van der Waals surface area contributed by atoms with Gasteiger partial charge in [0.25, 0.3) is 5.91 Å². The van der Waals surface area contributed by atoms with Crippen LogP contribution in [-0.2, 0) is 16.0 Å². The molecule has 0 radical (unpaired) electrons. The van der Waals surface area contributed by atoms with Gasteiger partial charge >= 0.3 is 0 Å². The number of methoxy groups -OCH3 is 1. The molecule has 1 saturated heterocycles. The Bertz CT molecular complexity index is 1220. The van der Waals surface area contributed by atoms with Crippen LogP contribution < -0.4 is 15.0 Å². The van der Waals surface area contributed by atoms with Gasteiger partial charge in [0.1, 0.15) is 23.4 Å². The van der Waals surface area contributed by atoms with Crippen molar-refractivity contribution in [2.24, 2.45) is 0 Å². The van der Waals surface area contributed by atoms with Crippen LogP contribution in [0.1, 0.15) is 12.0 Å². The number of nitrogens with zero attached hydrogens (tertiary/aromatic N) is 2. The van der Waals surface area contributed by atoms with E-state index < -0.39 is 11.9 Å². The van der Waals surface area contributed by atoms with Crippen molar-refractivity contribution in [3.05, 3.63) is 90.0 Å². The van der Waals surface area contributed by atoms with Crippen LogP contribution >= 0.6 is 12.2 Å². The number of carbonyl (C=O) groups excluding carboxylic acids is 2. The second-order valence-electron chi connectivity index (χ2n) is 8.00. The summed E-state index contributed by atoms with van der Waals surface area (Å²) in [6.45, 7) is 0.342. The second-order valence-corrected chi connectivity index (χ2v) is 8.36. The molecule has 0 aromatic heterocycles. The molecule has 1 aliphatic rings. The van der Waals surface area contributed by atoms with E-state index in [1.165, 1.54) is 41.3 Å². The molecular weight excluding hydrogens is 472 g/mol. The topological polar surface area (TPSA) is 61.9 Å². The predicted octanol–water partition coefficient (Wildman–Crippen LogP) is 4.55. The van der Waals surface area contributed by atoms with E-state index in [0.29, 0.717) is 30.1 Å². The van der Waals surface area contributed by atoms with Crippen molar-refractivity contribution in [1.29, 1.82) is 0 Å². The van der Waals surface area contributed by atoms with Gasteiger partial charge in [-0.2, -0.15) is 0 Å². The summed E-state index contributed by atoms with van der Waals surface area (Å²) in [4.78, 5) is 29.3. The fourth-order valence-corrected chi connectivity index (χ4v) is 4.29. The van der Waals surface area contributed by atoms with Gasteiger partial charge < -0.3 is 15.0 Å². The molecule has 180 valence electrons. The molecule has 0 aliphatic carbocycles. The third-order valence-corrected chi connectivity index (χ3v) is 6.13. The number of halogens is 2. The molecule has 0 saturated carbocycles. The third kappa shape index (κ3) is 5.63. The SMILES string of the molecule is COc1ccc(NC(=O)C[C@H]2C(=O)N(c3ccc(F)cc3)C(=S)N2CCc2ccc(F)cc2)cc1. The normalized spacial score (nSPS) is 15.5. The van der Waals surface area contributed by atoms with Crippen LogP contribution in [0.25, 0.3) is 0 Å². The van der Waals surface area contributed by atoms with Gasteiger partial charge in [-0.15, -0.1) is 0 Å². The number of carbonyl (C=O) groups is 2. The zero-order valence-electron chi connectivity index (χ0n) is 18.9. The molecule has 1 aliphatic heterocycles. The van der Waals surface area contributed by atoms with Gasteiger partial charge in [0.2, 0.25) is 5.91 Å². The fraction of sp³-hybridized carbons (Fsp3) is 0.192. The second kappa shape index (κ2) is 10.6. The van der Waals surface area contributed by atoms with Crippen LogP contribution in [0.2, 0.25) is 0 Å². The molecule has 1 atom stereocenters. The maximum Gasteiger partial charge on any atom is 0.256 e. The van der Waals surface area contributed by atoms with Crippen LogP contribution in [-0.4, -0.2) is 41.5 Å². The number of benzene rings is 3. The summed E-state index contributed by atoms with van der Waals surface area (Å²) in [6.07, 6.45) is 0.355. The summed E-state index contributed by atoms with van der Waals surface area (Å²) in [5.74, 6) is -0.845. The van der Waals surface area contributed by atoms with E-state index >= 15 is 0 Å². The number of anilines is 2. The zero-order chi connectivity index (χ0) is 24.9. The van der Waals surface area contributed by atoms with Crippen LogP contribution in [0.5, 0.6) is 5.75 Å². The minimum atomic E-state index is -0.841. The highest BCUT2D eigenvalue weighted by molar-refractivity contribution is 7.80. The monoisotopic (exact) mass is 495 g/mol. The summed E-state index contributed by atoms with van der Waals surface area (Å²) in [7, 11) is 1.55. The highest BCUT2D eigenvalue weighted by Gasteiger charge is 2.43. The first-order valence-corrected chi connectivity index (χ1v) is 11.3. The summed E-state index contributed by atoms with van der Waals surface area (Å²) in [5, 5.41) is 3.02. The van der Waals surface area contributed by atoms with Crippen molar-refractivity contribution < 1.29 is 23.1 Å². The fourth-order valence-electron chi connectivity index (χ4n) is 3.88. The first kappa shape index (κ1) is 24.3. The van der Waals surface area contributed by atoms with Gasteiger partial charge in [-0.25, -0.2) is 8.78 Å². The van der Waals surface area contributed by atoms with Crippen molar-refractivity contribution in [3.63, 3.8) is 0 Å². The van der Waals surface area contributed by atoms with Crippen LogP contribution in [0.3, 0.4) is 0 Å². The lowest BCUT2D eigenvalue weighted by atomic mass is 10.1. The van der Waals surface area contributed by atoms with Gasteiger partial charge in [0, 0.05) is 12.2 Å². The largest absolute Gasteiger partial charge is 0.497 e. The summed E-state index contributed by atoms with van der Waals surface area (Å²) < 4.78 is 31.9. The molecule has 9 heteroatoms. The summed E-state index contributed by atoms with van der Waals surface area (Å²) in [5.41, 5.74) is 1.85. The van der Waals surface area contributed by atoms with E-state index in [1.807, 2.05) is 0 Å². The Morgan fingerprint density at radius 1 is 0.971 bits per heavy atom. The molecule has 0 unspecified atom stereocenters. The number of hydrogen-bond acceptors (Lipinski definition) is 4. The Morgan fingerprint density at radius 2 is 1.57 bits per heavy atom. The zero-order valence-corrected chi connectivity index (χ0v) is 19.7. The smallest absolute Gasteiger partial charge is 0.256 e. The van der Waals surface area contributed by atoms with Gasteiger partial charge in [-0.3, -0.25) is 14.5 Å². The van der Waals surface area contributed by atoms with E-state index in [-0.39, 0.29) is 29.2 Å². The number of thiocarbonyl (C=S) groups is 1. The molecular formula is C26H23F2N3O3S. The van der Waals surface area contributed by atoms with Gasteiger partial charge in [0.15, 0.2) is 5.11 Å². The Labute approximate surface area is 207 Å². The lowest BCUT2D eigenvalue weighted by Gasteiger charge is -2.24. The minimum Gasteiger partial charge on any atom is -0.497 e. The average Bonchev–Trinajstić information content (AvgIpc) is 3.08. The molecule has 2 amide bonds. The lowest BCUT2D eigenvalue weighted by molar-refractivity contribution is -0.124. The van der Waals surface area contributed by atoms with Gasteiger partial charge in [-0.1, -0.05) is 12.1 Å². The lowest BCUT2D eigenvalue weighted by Crippen LogP contribution is -2.39. The summed E-state index contributed by atoms with van der Waals surface area (Å²) in [6, 6.07) is 17.5. The molecule has 35 heavy (non-hydrogen) atoms. The molecule has 1 N–H and O–H groups in total. The first-order chi connectivity index (χ1) is 16.9.